The van der Waals surface area contributed by atoms with Crippen molar-refractivity contribution >= 4 is 15.0 Å². The number of hydrogen-bond acceptors (Lipinski definition) is 4. The minimum Gasteiger partial charge on any atom is -0.418 e. The molecule has 0 aromatic heterocycles. The maximum atomic E-state index is 10.1. The highest BCUT2D eigenvalue weighted by Gasteiger charge is 1.96. The van der Waals surface area contributed by atoms with Crippen molar-refractivity contribution in [3.8, 4) is 0 Å². The fraction of sp³-hybridized carbons (Fsp3) is 0.667. The van der Waals surface area contributed by atoms with Crippen molar-refractivity contribution in [1.29, 1.82) is 0 Å². The van der Waals surface area contributed by atoms with E-state index in [0.29, 0.717) is 0 Å². The van der Waals surface area contributed by atoms with E-state index < -0.39 is 6.16 Å². The Balaban J connectivity index is 3.06. The van der Waals surface area contributed by atoms with E-state index in [4.69, 9.17) is 5.73 Å². The van der Waals surface area contributed by atoms with Crippen LogP contribution in [0.25, 0.3) is 0 Å². The first-order chi connectivity index (χ1) is 3.81. The summed E-state index contributed by atoms with van der Waals surface area (Å²) in [6.07, 6.45) is -0.701. The summed E-state index contributed by atoms with van der Waals surface area (Å²) in [4.78, 5) is 10.1. The zero-order valence-electron chi connectivity index (χ0n) is 4.51. The van der Waals surface area contributed by atoms with Crippen molar-refractivity contribution in [3.63, 3.8) is 0 Å². The van der Waals surface area contributed by atoms with Gasteiger partial charge in [-0.15, -0.1) is 0 Å². The van der Waals surface area contributed by atoms with Crippen LogP contribution in [0.3, 0.4) is 0 Å². The van der Waals surface area contributed by atoms with Crippen molar-refractivity contribution in [2.75, 3.05) is 13.4 Å². The predicted molar refractivity (Wildman–Crippen MR) is 30.9 cm³/mol. The van der Waals surface area contributed by atoms with E-state index in [9.17, 15) is 4.79 Å². The molecule has 0 fully saturated rings. The minimum absolute atomic E-state index is 0.118. The first-order valence-corrected chi connectivity index (χ1v) is 3.42. The van der Waals surface area contributed by atoms with Gasteiger partial charge in [-0.3, -0.25) is 5.73 Å². The fourth-order valence-electron chi connectivity index (χ4n) is 0.181. The van der Waals surface area contributed by atoms with Crippen LogP contribution in [0.4, 0.5) is 4.79 Å². The number of carbonyl (C=O) groups excluding carboxylic acids is 1. The van der Waals surface area contributed by atoms with Crippen LogP contribution in [0, 0.1) is 0 Å². The van der Waals surface area contributed by atoms with E-state index in [0.717, 1.165) is 0 Å². The van der Waals surface area contributed by atoms with Crippen LogP contribution in [0.1, 0.15) is 0 Å². The molecule has 0 amide bonds. The Bertz CT molecular complexity index is 68.9. The lowest BCUT2D eigenvalue weighted by atomic mass is 11.2. The van der Waals surface area contributed by atoms with Crippen LogP contribution in [0.5, 0.6) is 0 Å². The van der Waals surface area contributed by atoms with Crippen LogP contribution in [-0.2, 0) is 9.26 Å². The molecule has 0 radical (unpaired) electrons. The minimum atomic E-state index is -0.701. The molecule has 0 rings (SSSR count). The zero-order valence-corrected chi connectivity index (χ0v) is 5.51. The molecule has 0 heterocycles. The monoisotopic (exact) mass is 137 g/mol. The maximum absolute atomic E-state index is 10.1. The highest BCUT2D eigenvalue weighted by atomic mass is 31.1. The molecule has 0 bridgehead atoms. The predicted octanol–water partition coefficient (Wildman–Crippen LogP) is 0.279. The van der Waals surface area contributed by atoms with Gasteiger partial charge >= 0.3 is 6.16 Å². The average Bonchev–Trinajstić information content (AvgIpc) is 1.68. The van der Waals surface area contributed by atoms with Gasteiger partial charge in [0.15, 0.2) is 0 Å². The molecule has 0 saturated carbocycles. The quantitative estimate of drug-likeness (QED) is 0.337. The second kappa shape index (κ2) is 4.81. The SMILES string of the molecule is CPOC(=O)OCN. The molecule has 0 aliphatic heterocycles. The van der Waals surface area contributed by atoms with E-state index >= 15 is 0 Å². The van der Waals surface area contributed by atoms with Crippen molar-refractivity contribution in [2.45, 2.75) is 0 Å². The zero-order chi connectivity index (χ0) is 6.41. The molecule has 5 heteroatoms. The highest BCUT2D eigenvalue weighted by Crippen LogP contribution is 2.04. The summed E-state index contributed by atoms with van der Waals surface area (Å²) >= 11 is 0. The molecule has 0 aliphatic rings. The number of rotatable bonds is 2. The summed E-state index contributed by atoms with van der Waals surface area (Å²) in [5, 5.41) is 0. The molecule has 0 saturated heterocycles. The van der Waals surface area contributed by atoms with Gasteiger partial charge in [-0.1, -0.05) is 0 Å². The van der Waals surface area contributed by atoms with E-state index in [-0.39, 0.29) is 15.5 Å². The van der Waals surface area contributed by atoms with E-state index in [2.05, 4.69) is 9.26 Å². The van der Waals surface area contributed by atoms with Gasteiger partial charge in [-0.05, 0) is 6.66 Å². The molecule has 0 aromatic carbocycles. The molecule has 2 N–H and O–H groups in total. The maximum Gasteiger partial charge on any atom is 0.512 e. The lowest BCUT2D eigenvalue weighted by molar-refractivity contribution is 0.107. The second-order valence-corrected chi connectivity index (χ2v) is 1.48. The summed E-state index contributed by atoms with van der Waals surface area (Å²) in [7, 11) is 0.118. The van der Waals surface area contributed by atoms with Crippen LogP contribution in [0.15, 0.2) is 0 Å². The number of carbonyl (C=O) groups is 1. The Labute approximate surface area is 49.2 Å². The Morgan fingerprint density at radius 3 is 2.88 bits per heavy atom. The normalized spacial score (nSPS) is 9.75. The smallest absolute Gasteiger partial charge is 0.418 e. The van der Waals surface area contributed by atoms with Crippen molar-refractivity contribution in [3.05, 3.63) is 0 Å². The first kappa shape index (κ1) is 7.66. The number of nitrogens with two attached hydrogens (primary N) is 1. The van der Waals surface area contributed by atoms with Gasteiger partial charge in [0.05, 0.1) is 8.81 Å². The molecule has 4 nitrogen and oxygen atoms in total. The molecule has 1 unspecified atom stereocenters. The summed E-state index contributed by atoms with van der Waals surface area (Å²) < 4.78 is 8.57. The number of hydrogen-bond donors (Lipinski definition) is 1. The Morgan fingerprint density at radius 1 is 1.88 bits per heavy atom. The molecule has 1 atom stereocenters. The molecule has 8 heavy (non-hydrogen) atoms. The number of ether oxygens (including phenoxy) is 1. The Kier molecular flexibility index (Phi) is 4.61. The van der Waals surface area contributed by atoms with Crippen LogP contribution < -0.4 is 5.73 Å². The third kappa shape index (κ3) is 3.84. The van der Waals surface area contributed by atoms with E-state index in [1.54, 1.807) is 6.66 Å². The lowest BCUT2D eigenvalue weighted by Crippen LogP contribution is -2.10. The molecule has 0 spiro atoms. The lowest BCUT2D eigenvalue weighted by Gasteiger charge is -1.98. The average molecular weight is 137 g/mol. The summed E-state index contributed by atoms with van der Waals surface area (Å²) in [5.74, 6) is 0. The Morgan fingerprint density at radius 2 is 2.50 bits per heavy atom. The van der Waals surface area contributed by atoms with Gasteiger partial charge in [0, 0.05) is 0 Å². The van der Waals surface area contributed by atoms with Crippen molar-refractivity contribution < 1.29 is 14.1 Å². The van der Waals surface area contributed by atoms with Crippen LogP contribution in [-0.4, -0.2) is 19.6 Å². The van der Waals surface area contributed by atoms with E-state index in [1.165, 1.54) is 0 Å². The fourth-order valence-corrected chi connectivity index (χ4v) is 0.406. The summed E-state index contributed by atoms with van der Waals surface area (Å²) in [5.41, 5.74) is 4.84. The van der Waals surface area contributed by atoms with Crippen LogP contribution >= 0.6 is 8.81 Å². The van der Waals surface area contributed by atoms with Gasteiger partial charge in [0.25, 0.3) is 0 Å². The molecule has 48 valence electrons. The summed E-state index contributed by atoms with van der Waals surface area (Å²) in [6, 6.07) is 0. The van der Waals surface area contributed by atoms with Crippen molar-refractivity contribution in [2.24, 2.45) is 5.73 Å². The largest absolute Gasteiger partial charge is 0.512 e. The topological polar surface area (TPSA) is 61.5 Å². The first-order valence-electron chi connectivity index (χ1n) is 2.01. The standard InChI is InChI=1S/C3H8NO3P/c1-8-7-3(5)6-2-4/h8H,2,4H2,1H3. The van der Waals surface area contributed by atoms with Gasteiger partial charge < -0.3 is 9.26 Å². The second-order valence-electron chi connectivity index (χ2n) is 0.867. The molecular formula is C3H8NO3P. The highest BCUT2D eigenvalue weighted by molar-refractivity contribution is 7.31. The third-order valence-electron chi connectivity index (χ3n) is 0.387. The van der Waals surface area contributed by atoms with Crippen molar-refractivity contribution in [1.82, 2.24) is 0 Å². The molecule has 0 aromatic rings. The summed E-state index contributed by atoms with van der Waals surface area (Å²) in [6.45, 7) is 1.60. The molecular weight excluding hydrogens is 129 g/mol. The van der Waals surface area contributed by atoms with E-state index in [1.807, 2.05) is 0 Å². The Hall–Kier alpha value is -0.340. The van der Waals surface area contributed by atoms with Gasteiger partial charge in [-0.25, -0.2) is 4.79 Å². The van der Waals surface area contributed by atoms with Gasteiger partial charge in [0.2, 0.25) is 0 Å². The van der Waals surface area contributed by atoms with Crippen LogP contribution in [0.2, 0.25) is 0 Å². The van der Waals surface area contributed by atoms with Gasteiger partial charge in [0.1, 0.15) is 6.73 Å². The van der Waals surface area contributed by atoms with Gasteiger partial charge in [-0.2, -0.15) is 0 Å². The third-order valence-corrected chi connectivity index (χ3v) is 0.757. The molecule has 0 aliphatic carbocycles.